The van der Waals surface area contributed by atoms with Crippen LogP contribution in [0.4, 0.5) is 4.39 Å². The highest BCUT2D eigenvalue weighted by Gasteiger charge is 2.48. The summed E-state index contributed by atoms with van der Waals surface area (Å²) in [5.74, 6) is -0.569. The van der Waals surface area contributed by atoms with Crippen LogP contribution in [0, 0.1) is 5.92 Å². The molecule has 8 N–H and O–H groups in total. The van der Waals surface area contributed by atoms with Crippen LogP contribution < -0.4 is 37.9 Å². The number of hydrogen-bond donors (Lipinski definition) is 7. The molecule has 0 radical (unpaired) electrons. The van der Waals surface area contributed by atoms with Gasteiger partial charge in [-0.2, -0.15) is 0 Å². The number of carbonyl (C=O) groups excluding carboxylic acids is 1. The first-order valence-electron chi connectivity index (χ1n) is 9.91. The Morgan fingerprint density at radius 2 is 2.07 bits per heavy atom. The Morgan fingerprint density at radius 3 is 2.81 bits per heavy atom. The van der Waals surface area contributed by atoms with Gasteiger partial charge in [0, 0.05) is 25.7 Å². The van der Waals surface area contributed by atoms with Gasteiger partial charge in [-0.1, -0.05) is 0 Å². The van der Waals surface area contributed by atoms with Crippen molar-refractivity contribution < 1.29 is 9.18 Å². The third-order valence-corrected chi connectivity index (χ3v) is 6.01. The summed E-state index contributed by atoms with van der Waals surface area (Å²) in [6.07, 6.45) is -0.460. The summed E-state index contributed by atoms with van der Waals surface area (Å²) >= 11 is 0. The number of hydrogen-bond acceptors (Lipinski definition) is 9. The molecule has 0 bridgehead atoms. The molecule has 4 heterocycles. The van der Waals surface area contributed by atoms with Crippen molar-refractivity contribution in [3.8, 4) is 0 Å². The quantitative estimate of drug-likeness (QED) is 0.271. The van der Waals surface area contributed by atoms with Crippen LogP contribution in [-0.4, -0.2) is 85.0 Å². The Morgan fingerprint density at radius 1 is 1.26 bits per heavy atom. The number of fused-ring (bicyclic) bond motifs is 1. The lowest BCUT2D eigenvalue weighted by atomic mass is 9.96. The predicted octanol–water partition coefficient (Wildman–Crippen LogP) is -3.08. The maximum Gasteiger partial charge on any atom is 0.229 e. The summed E-state index contributed by atoms with van der Waals surface area (Å²) in [7, 11) is 0. The lowest BCUT2D eigenvalue weighted by Gasteiger charge is -2.40. The van der Waals surface area contributed by atoms with Crippen molar-refractivity contribution in [2.45, 2.75) is 63.2 Å². The minimum atomic E-state index is -0.966. The van der Waals surface area contributed by atoms with E-state index in [1.54, 1.807) is 5.01 Å². The number of hydrazine groups is 2. The molecule has 0 aromatic rings. The first-order valence-corrected chi connectivity index (χ1v) is 9.91. The van der Waals surface area contributed by atoms with Gasteiger partial charge in [-0.25, -0.2) is 25.3 Å². The highest BCUT2D eigenvalue weighted by atomic mass is 19.1. The summed E-state index contributed by atoms with van der Waals surface area (Å²) < 4.78 is 13.6. The van der Waals surface area contributed by atoms with Gasteiger partial charge in [-0.15, -0.1) is 0 Å². The molecule has 8 atom stereocenters. The summed E-state index contributed by atoms with van der Waals surface area (Å²) in [4.78, 5) is 13.1. The second-order valence-electron chi connectivity index (χ2n) is 8.06. The van der Waals surface area contributed by atoms with Gasteiger partial charge in [-0.3, -0.25) is 15.4 Å². The van der Waals surface area contributed by atoms with Crippen LogP contribution in [0.5, 0.6) is 0 Å². The number of piperidine rings is 1. The Kier molecular flexibility index (Phi) is 5.63. The molecule has 4 saturated heterocycles. The molecule has 8 unspecified atom stereocenters. The number of rotatable bonds is 3. The van der Waals surface area contributed by atoms with Crippen molar-refractivity contribution in [1.29, 1.82) is 0 Å². The molecule has 4 aliphatic rings. The van der Waals surface area contributed by atoms with E-state index < -0.39 is 18.3 Å². The molecule has 4 rings (SSSR count). The zero-order chi connectivity index (χ0) is 19.1. The molecule has 11 heteroatoms. The zero-order valence-corrected chi connectivity index (χ0v) is 15.9. The highest BCUT2D eigenvalue weighted by molar-refractivity contribution is 5.81. The molecular formula is C16H32FN9O. The van der Waals surface area contributed by atoms with Gasteiger partial charge in [-0.05, 0) is 26.8 Å². The SMILES string of the molecule is CC1NC(C)N(C2CCNCC2NC(=O)C2C(N)NN3CC(F)CNC23)N1. The molecule has 0 aromatic carbocycles. The first kappa shape index (κ1) is 19.4. The number of amides is 1. The normalized spacial score (nSPS) is 46.4. The third kappa shape index (κ3) is 3.83. The number of nitrogens with zero attached hydrogens (tertiary/aromatic N) is 2. The van der Waals surface area contributed by atoms with Crippen molar-refractivity contribution in [1.82, 2.24) is 42.1 Å². The standard InChI is InChI=1S/C16H32FN9O/c1-8-21-9(2)26(23-8)12-3-4-19-6-11(12)22-16(27)13-14(18)24-25-7-10(17)5-20-15(13)25/h8-15,19-21,23-24H,3-7,18H2,1-2H3,(H,22,27). The molecule has 0 aliphatic carbocycles. The molecule has 0 saturated carbocycles. The van der Waals surface area contributed by atoms with Gasteiger partial charge in [0.05, 0.1) is 36.6 Å². The summed E-state index contributed by atoms with van der Waals surface area (Å²) in [5.41, 5.74) is 12.6. The van der Waals surface area contributed by atoms with Gasteiger partial charge in [0.25, 0.3) is 0 Å². The van der Waals surface area contributed by atoms with Crippen molar-refractivity contribution in [3.05, 3.63) is 0 Å². The Labute approximate surface area is 159 Å². The first-order chi connectivity index (χ1) is 12.9. The lowest BCUT2D eigenvalue weighted by molar-refractivity contribution is -0.128. The van der Waals surface area contributed by atoms with Gasteiger partial charge < -0.3 is 16.4 Å². The van der Waals surface area contributed by atoms with Gasteiger partial charge >= 0.3 is 0 Å². The van der Waals surface area contributed by atoms with Crippen LogP contribution in [0.2, 0.25) is 0 Å². The molecule has 0 spiro atoms. The minimum Gasteiger partial charge on any atom is -0.350 e. The molecule has 4 aliphatic heterocycles. The fourth-order valence-corrected chi connectivity index (χ4v) is 4.78. The van der Waals surface area contributed by atoms with E-state index in [4.69, 9.17) is 5.73 Å². The summed E-state index contributed by atoms with van der Waals surface area (Å²) in [6, 6.07) is 0.144. The summed E-state index contributed by atoms with van der Waals surface area (Å²) in [6.45, 7) is 6.30. The Hall–Kier alpha value is -0.920. The summed E-state index contributed by atoms with van der Waals surface area (Å²) in [5, 5.41) is 17.1. The van der Waals surface area contributed by atoms with Crippen molar-refractivity contribution in [2.24, 2.45) is 11.7 Å². The second kappa shape index (κ2) is 7.84. The molecule has 27 heavy (non-hydrogen) atoms. The molecule has 0 aromatic heterocycles. The van der Waals surface area contributed by atoms with Gasteiger partial charge in [0.1, 0.15) is 6.17 Å². The van der Waals surface area contributed by atoms with Crippen LogP contribution in [0.1, 0.15) is 20.3 Å². The molecule has 4 fully saturated rings. The van der Waals surface area contributed by atoms with Crippen LogP contribution in [-0.2, 0) is 4.79 Å². The third-order valence-electron chi connectivity index (χ3n) is 6.01. The number of alkyl halides is 1. The van der Waals surface area contributed by atoms with E-state index in [-0.39, 0.29) is 49.6 Å². The molecule has 1 amide bonds. The van der Waals surface area contributed by atoms with Crippen LogP contribution in [0.3, 0.4) is 0 Å². The Bertz CT molecular complexity index is 554. The fraction of sp³-hybridized carbons (Fsp3) is 0.938. The van der Waals surface area contributed by atoms with Gasteiger partial charge in [0.15, 0.2) is 0 Å². The highest BCUT2D eigenvalue weighted by Crippen LogP contribution is 2.23. The zero-order valence-electron chi connectivity index (χ0n) is 15.9. The van der Waals surface area contributed by atoms with E-state index in [1.165, 1.54) is 0 Å². The molecule has 10 nitrogen and oxygen atoms in total. The van der Waals surface area contributed by atoms with Crippen molar-refractivity contribution in [3.63, 3.8) is 0 Å². The van der Waals surface area contributed by atoms with E-state index >= 15 is 0 Å². The minimum absolute atomic E-state index is 0.0351. The van der Waals surface area contributed by atoms with E-state index in [0.717, 1.165) is 13.0 Å². The predicted molar refractivity (Wildman–Crippen MR) is 98.2 cm³/mol. The fourth-order valence-electron chi connectivity index (χ4n) is 4.78. The maximum atomic E-state index is 13.6. The molecular weight excluding hydrogens is 353 g/mol. The number of halogens is 1. The monoisotopic (exact) mass is 385 g/mol. The van der Waals surface area contributed by atoms with E-state index in [1.807, 2.05) is 0 Å². The van der Waals surface area contributed by atoms with Crippen molar-refractivity contribution >= 4 is 5.91 Å². The van der Waals surface area contributed by atoms with Crippen molar-refractivity contribution in [2.75, 3.05) is 26.2 Å². The lowest BCUT2D eigenvalue weighted by Crippen LogP contribution is -2.65. The smallest absolute Gasteiger partial charge is 0.229 e. The second-order valence-corrected chi connectivity index (χ2v) is 8.06. The van der Waals surface area contributed by atoms with Gasteiger partial charge in [0.2, 0.25) is 5.91 Å². The number of carbonyl (C=O) groups is 1. The average Bonchev–Trinajstić information content (AvgIpc) is 3.12. The number of nitrogens with two attached hydrogens (primary N) is 1. The topological polar surface area (TPSA) is 122 Å². The Balaban J connectivity index is 1.43. The largest absolute Gasteiger partial charge is 0.350 e. The van der Waals surface area contributed by atoms with Crippen LogP contribution >= 0.6 is 0 Å². The molecule has 154 valence electrons. The van der Waals surface area contributed by atoms with E-state index in [9.17, 15) is 9.18 Å². The average molecular weight is 385 g/mol. The van der Waals surface area contributed by atoms with E-state index in [2.05, 4.69) is 51.0 Å². The van der Waals surface area contributed by atoms with Crippen LogP contribution in [0.15, 0.2) is 0 Å². The van der Waals surface area contributed by atoms with Crippen LogP contribution in [0.25, 0.3) is 0 Å². The van der Waals surface area contributed by atoms with E-state index in [0.29, 0.717) is 6.54 Å². The number of nitrogens with one attached hydrogen (secondary N) is 6. The maximum absolute atomic E-state index is 13.6.